The van der Waals surface area contributed by atoms with Crippen molar-refractivity contribution in [3.05, 3.63) is 24.3 Å². The van der Waals surface area contributed by atoms with Crippen molar-refractivity contribution >= 4 is 10.8 Å². The van der Waals surface area contributed by atoms with Crippen molar-refractivity contribution in [2.45, 2.75) is 30.7 Å². The first-order valence-electron chi connectivity index (χ1n) is 7.58. The van der Waals surface area contributed by atoms with Gasteiger partial charge in [0.15, 0.2) is 0 Å². The fourth-order valence-corrected chi connectivity index (χ4v) is 3.90. The molecule has 3 unspecified atom stereocenters. The molecule has 2 rings (SSSR count). The molecule has 118 valence electrons. The van der Waals surface area contributed by atoms with Crippen LogP contribution in [0.2, 0.25) is 0 Å². The van der Waals surface area contributed by atoms with Crippen molar-refractivity contribution in [2.24, 2.45) is 5.92 Å². The first-order valence-corrected chi connectivity index (χ1v) is 8.90. The van der Waals surface area contributed by atoms with E-state index in [9.17, 15) is 4.21 Å². The van der Waals surface area contributed by atoms with Gasteiger partial charge in [-0.25, -0.2) is 0 Å². The van der Waals surface area contributed by atoms with Crippen LogP contribution in [0.15, 0.2) is 29.2 Å². The lowest BCUT2D eigenvalue weighted by Gasteiger charge is -2.23. The maximum absolute atomic E-state index is 12.6. The van der Waals surface area contributed by atoms with Gasteiger partial charge in [-0.15, -0.1) is 0 Å². The predicted octanol–water partition coefficient (Wildman–Crippen LogP) is 2.21. The van der Waals surface area contributed by atoms with Crippen molar-refractivity contribution in [1.82, 2.24) is 5.32 Å². The average Bonchev–Trinajstić information content (AvgIpc) is 3.05. The zero-order valence-corrected chi connectivity index (χ0v) is 13.7. The third-order valence-corrected chi connectivity index (χ3v) is 5.30. The third-order valence-electron chi connectivity index (χ3n) is 3.84. The molecule has 5 heteroatoms. The Morgan fingerprint density at radius 2 is 2.19 bits per heavy atom. The molecule has 0 aromatic heterocycles. The molecule has 21 heavy (non-hydrogen) atoms. The summed E-state index contributed by atoms with van der Waals surface area (Å²) in [5.74, 6) is 1.90. The van der Waals surface area contributed by atoms with Gasteiger partial charge in [0.25, 0.3) is 0 Å². The van der Waals surface area contributed by atoms with Gasteiger partial charge in [-0.05, 0) is 43.7 Å². The number of hydrogen-bond donors (Lipinski definition) is 1. The van der Waals surface area contributed by atoms with E-state index in [0.717, 1.165) is 43.2 Å². The van der Waals surface area contributed by atoms with Gasteiger partial charge in [-0.3, -0.25) is 4.21 Å². The number of hydrogen-bond acceptors (Lipinski definition) is 4. The lowest BCUT2D eigenvalue weighted by Crippen LogP contribution is -2.41. The Kier molecular flexibility index (Phi) is 6.67. The van der Waals surface area contributed by atoms with Crippen molar-refractivity contribution < 1.29 is 13.7 Å². The Bertz CT molecular complexity index is 443. The zero-order valence-electron chi connectivity index (χ0n) is 12.8. The summed E-state index contributed by atoms with van der Waals surface area (Å²) in [7, 11) is 0.639. The smallest absolute Gasteiger partial charge is 0.118 e. The number of rotatable bonds is 8. The molecule has 1 heterocycles. The molecule has 1 aliphatic heterocycles. The first kappa shape index (κ1) is 16.5. The molecule has 0 bridgehead atoms. The largest absolute Gasteiger partial charge is 0.497 e. The van der Waals surface area contributed by atoms with Crippen LogP contribution >= 0.6 is 0 Å². The van der Waals surface area contributed by atoms with Crippen LogP contribution in [0.1, 0.15) is 19.8 Å². The van der Waals surface area contributed by atoms with Crippen LogP contribution in [0.4, 0.5) is 0 Å². The van der Waals surface area contributed by atoms with E-state index in [4.69, 9.17) is 9.47 Å². The Hall–Kier alpha value is -0.910. The minimum Gasteiger partial charge on any atom is -0.497 e. The fourth-order valence-electron chi connectivity index (χ4n) is 2.55. The van der Waals surface area contributed by atoms with Crippen molar-refractivity contribution in [1.29, 1.82) is 0 Å². The maximum Gasteiger partial charge on any atom is 0.118 e. The molecule has 3 atom stereocenters. The van der Waals surface area contributed by atoms with Gasteiger partial charge >= 0.3 is 0 Å². The molecule has 1 saturated heterocycles. The van der Waals surface area contributed by atoms with Crippen LogP contribution in [0, 0.1) is 5.92 Å². The molecule has 0 saturated carbocycles. The maximum atomic E-state index is 12.6. The molecule has 1 N–H and O–H groups in total. The molecule has 1 aliphatic rings. The minimum atomic E-state index is -0.997. The molecular formula is C16H25NO3S. The molecule has 1 aromatic carbocycles. The highest BCUT2D eigenvalue weighted by Crippen LogP contribution is 2.20. The van der Waals surface area contributed by atoms with Crippen molar-refractivity contribution in [2.75, 3.05) is 32.6 Å². The van der Waals surface area contributed by atoms with Crippen LogP contribution in [0.25, 0.3) is 0 Å². The van der Waals surface area contributed by atoms with E-state index in [1.54, 1.807) is 7.11 Å². The normalized spacial score (nSPS) is 21.1. The van der Waals surface area contributed by atoms with Gasteiger partial charge in [0.05, 0.1) is 24.5 Å². The topological polar surface area (TPSA) is 47.6 Å². The Morgan fingerprint density at radius 3 is 2.76 bits per heavy atom. The highest BCUT2D eigenvalue weighted by Gasteiger charge is 2.27. The second kappa shape index (κ2) is 8.51. The highest BCUT2D eigenvalue weighted by atomic mass is 32.2. The molecule has 0 aliphatic carbocycles. The fraction of sp³-hybridized carbons (Fsp3) is 0.625. The standard InChI is InChI=1S/C16H25NO3S/c1-3-9-17-16(13-8-10-20-11-13)12-21(18)15-6-4-14(19-2)5-7-15/h4-7,13,16-17H,3,8-12H2,1-2H3. The van der Waals surface area contributed by atoms with Gasteiger partial charge in [0.2, 0.25) is 0 Å². The monoisotopic (exact) mass is 311 g/mol. The third kappa shape index (κ3) is 4.80. The minimum absolute atomic E-state index is 0.260. The summed E-state index contributed by atoms with van der Waals surface area (Å²) in [6, 6.07) is 7.75. The van der Waals surface area contributed by atoms with E-state index < -0.39 is 10.8 Å². The van der Waals surface area contributed by atoms with Gasteiger partial charge in [-0.2, -0.15) is 0 Å². The second-order valence-electron chi connectivity index (χ2n) is 5.37. The lowest BCUT2D eigenvalue weighted by atomic mass is 10.0. The SMILES string of the molecule is CCCNC(CS(=O)c1ccc(OC)cc1)C1CCOC1. The summed E-state index contributed by atoms with van der Waals surface area (Å²) in [4.78, 5) is 0.859. The van der Waals surface area contributed by atoms with Gasteiger partial charge < -0.3 is 14.8 Å². The van der Waals surface area contributed by atoms with Crippen LogP contribution in [-0.2, 0) is 15.5 Å². The van der Waals surface area contributed by atoms with Crippen LogP contribution in [0.3, 0.4) is 0 Å². The van der Waals surface area contributed by atoms with E-state index in [2.05, 4.69) is 12.2 Å². The molecule has 0 spiro atoms. The number of ether oxygens (including phenoxy) is 2. The van der Waals surface area contributed by atoms with Gasteiger partial charge in [-0.1, -0.05) is 6.92 Å². The predicted molar refractivity (Wildman–Crippen MR) is 85.3 cm³/mol. The highest BCUT2D eigenvalue weighted by molar-refractivity contribution is 7.85. The van der Waals surface area contributed by atoms with E-state index in [0.29, 0.717) is 11.7 Å². The summed E-state index contributed by atoms with van der Waals surface area (Å²) in [6.07, 6.45) is 2.14. The molecule has 1 fully saturated rings. The molecule has 4 nitrogen and oxygen atoms in total. The zero-order chi connectivity index (χ0) is 15.1. The summed E-state index contributed by atoms with van der Waals surface area (Å²) in [5, 5.41) is 3.54. The summed E-state index contributed by atoms with van der Waals surface area (Å²) >= 11 is 0. The van der Waals surface area contributed by atoms with Crippen LogP contribution < -0.4 is 10.1 Å². The van der Waals surface area contributed by atoms with Gasteiger partial charge in [0.1, 0.15) is 5.75 Å². The molecular weight excluding hydrogens is 286 g/mol. The molecule has 0 amide bonds. The van der Waals surface area contributed by atoms with E-state index in [1.165, 1.54) is 0 Å². The Morgan fingerprint density at radius 1 is 1.43 bits per heavy atom. The van der Waals surface area contributed by atoms with Gasteiger partial charge in [0, 0.05) is 29.2 Å². The Labute approximate surface area is 129 Å². The van der Waals surface area contributed by atoms with Crippen LogP contribution in [-0.4, -0.2) is 42.9 Å². The Balaban J connectivity index is 1.98. The summed E-state index contributed by atoms with van der Waals surface area (Å²) < 4.78 is 23.2. The van der Waals surface area contributed by atoms with E-state index in [1.807, 2.05) is 24.3 Å². The average molecular weight is 311 g/mol. The van der Waals surface area contributed by atoms with Crippen molar-refractivity contribution in [3.63, 3.8) is 0 Å². The molecule has 0 radical (unpaired) electrons. The molecule has 1 aromatic rings. The number of benzene rings is 1. The first-order chi connectivity index (χ1) is 10.2. The second-order valence-corrected chi connectivity index (χ2v) is 6.87. The van der Waals surface area contributed by atoms with Crippen LogP contribution in [0.5, 0.6) is 5.75 Å². The van der Waals surface area contributed by atoms with E-state index in [-0.39, 0.29) is 6.04 Å². The lowest BCUT2D eigenvalue weighted by molar-refractivity contribution is 0.179. The summed E-state index contributed by atoms with van der Waals surface area (Å²) in [5.41, 5.74) is 0. The quantitative estimate of drug-likeness (QED) is 0.799. The van der Waals surface area contributed by atoms with Crippen molar-refractivity contribution in [3.8, 4) is 5.75 Å². The number of methoxy groups -OCH3 is 1. The number of nitrogens with one attached hydrogen (secondary N) is 1. The summed E-state index contributed by atoms with van der Waals surface area (Å²) in [6.45, 7) is 4.71. The van der Waals surface area contributed by atoms with E-state index >= 15 is 0 Å².